The number of aryl methyl sites for hydroxylation is 1. The van der Waals surface area contributed by atoms with Gasteiger partial charge in [-0.15, -0.1) is 16.4 Å². The minimum atomic E-state index is -0.335. The third-order valence-corrected chi connectivity index (χ3v) is 5.65. The van der Waals surface area contributed by atoms with Gasteiger partial charge in [-0.25, -0.2) is 9.97 Å². The lowest BCUT2D eigenvalue weighted by Gasteiger charge is -2.30. The SMILES string of the molecule is Cc1nc2sc3c(c2c2nc(C[NH2+]C[C@H](C)O)nn12)CC(C)(C)OC3. The van der Waals surface area contributed by atoms with Gasteiger partial charge in [0.1, 0.15) is 23.7 Å². The largest absolute Gasteiger partial charge is 0.388 e. The number of nitrogens with two attached hydrogens (primary N) is 1. The summed E-state index contributed by atoms with van der Waals surface area (Å²) in [5.41, 5.74) is 2.02. The van der Waals surface area contributed by atoms with Crippen molar-refractivity contribution in [3.63, 3.8) is 0 Å². The van der Waals surface area contributed by atoms with Crippen molar-refractivity contribution < 1.29 is 15.2 Å². The van der Waals surface area contributed by atoms with Crippen molar-refractivity contribution in [2.45, 2.75) is 59.0 Å². The lowest BCUT2D eigenvalue weighted by molar-refractivity contribution is -0.677. The van der Waals surface area contributed by atoms with E-state index in [0.29, 0.717) is 19.7 Å². The Kier molecular flexibility index (Phi) is 4.03. The van der Waals surface area contributed by atoms with Crippen LogP contribution in [-0.4, -0.2) is 42.9 Å². The molecule has 1 atom stereocenters. The highest BCUT2D eigenvalue weighted by molar-refractivity contribution is 7.19. The summed E-state index contributed by atoms with van der Waals surface area (Å²) >= 11 is 1.70. The maximum absolute atomic E-state index is 9.41. The topological polar surface area (TPSA) is 89.2 Å². The molecule has 1 aliphatic heterocycles. The van der Waals surface area contributed by atoms with Gasteiger partial charge in [0, 0.05) is 11.3 Å². The zero-order valence-electron chi connectivity index (χ0n) is 15.0. The minimum Gasteiger partial charge on any atom is -0.388 e. The van der Waals surface area contributed by atoms with Crippen molar-refractivity contribution in [3.8, 4) is 0 Å². The molecule has 0 amide bonds. The third kappa shape index (κ3) is 3.03. The van der Waals surface area contributed by atoms with Crippen molar-refractivity contribution >= 4 is 27.2 Å². The molecule has 4 heterocycles. The molecule has 3 aromatic rings. The zero-order valence-corrected chi connectivity index (χ0v) is 15.9. The number of aliphatic hydroxyl groups is 1. The number of hydrogen-bond donors (Lipinski definition) is 2. The van der Waals surface area contributed by atoms with E-state index in [2.05, 4.69) is 18.9 Å². The Labute approximate surface area is 150 Å². The number of nitrogens with zero attached hydrogens (tertiary/aromatic N) is 4. The lowest BCUT2D eigenvalue weighted by atomic mass is 9.94. The van der Waals surface area contributed by atoms with Gasteiger partial charge in [-0.05, 0) is 33.3 Å². The zero-order chi connectivity index (χ0) is 17.8. The van der Waals surface area contributed by atoms with Crippen LogP contribution < -0.4 is 5.32 Å². The normalized spacial score (nSPS) is 18.0. The number of aromatic nitrogens is 4. The van der Waals surface area contributed by atoms with E-state index in [4.69, 9.17) is 14.7 Å². The Bertz CT molecular complexity index is 944. The van der Waals surface area contributed by atoms with Gasteiger partial charge in [0.25, 0.3) is 0 Å². The second-order valence-corrected chi connectivity index (χ2v) is 8.49. The monoisotopic (exact) mass is 362 g/mol. The molecule has 3 aromatic heterocycles. The van der Waals surface area contributed by atoms with Crippen molar-refractivity contribution in [1.29, 1.82) is 0 Å². The first-order chi connectivity index (χ1) is 11.8. The van der Waals surface area contributed by atoms with Crippen LogP contribution in [0.1, 0.15) is 42.9 Å². The summed E-state index contributed by atoms with van der Waals surface area (Å²) < 4.78 is 7.81. The molecule has 0 saturated heterocycles. The van der Waals surface area contributed by atoms with Crippen LogP contribution >= 0.6 is 11.3 Å². The number of fused-ring (bicyclic) bond motifs is 5. The molecule has 3 N–H and O–H groups in total. The van der Waals surface area contributed by atoms with Gasteiger partial charge in [0.15, 0.2) is 5.65 Å². The second kappa shape index (κ2) is 5.98. The number of ether oxygens (including phenoxy) is 1. The van der Waals surface area contributed by atoms with Crippen molar-refractivity contribution in [1.82, 2.24) is 19.6 Å². The summed E-state index contributed by atoms with van der Waals surface area (Å²) in [4.78, 5) is 11.8. The Morgan fingerprint density at radius 2 is 2.20 bits per heavy atom. The molecule has 25 heavy (non-hydrogen) atoms. The number of rotatable bonds is 4. The lowest BCUT2D eigenvalue weighted by Crippen LogP contribution is -2.84. The molecule has 0 radical (unpaired) electrons. The summed E-state index contributed by atoms with van der Waals surface area (Å²) in [6, 6.07) is 0. The van der Waals surface area contributed by atoms with Crippen molar-refractivity contribution in [3.05, 3.63) is 22.1 Å². The Morgan fingerprint density at radius 3 is 2.96 bits per heavy atom. The molecule has 134 valence electrons. The van der Waals surface area contributed by atoms with Gasteiger partial charge in [0.05, 0.1) is 23.7 Å². The number of hydrogen-bond acceptors (Lipinski definition) is 6. The molecule has 4 rings (SSSR count). The molecular formula is C17H24N5O2S+. The van der Waals surface area contributed by atoms with Crippen LogP contribution in [0.15, 0.2) is 0 Å². The average molecular weight is 362 g/mol. The van der Waals surface area contributed by atoms with E-state index in [9.17, 15) is 5.11 Å². The highest BCUT2D eigenvalue weighted by atomic mass is 32.1. The fraction of sp³-hybridized carbons (Fsp3) is 0.588. The van der Waals surface area contributed by atoms with E-state index in [1.54, 1.807) is 18.3 Å². The van der Waals surface area contributed by atoms with Crippen molar-refractivity contribution in [2.75, 3.05) is 6.54 Å². The van der Waals surface area contributed by atoms with Crippen LogP contribution in [0.3, 0.4) is 0 Å². The Balaban J connectivity index is 1.81. The van der Waals surface area contributed by atoms with E-state index < -0.39 is 0 Å². The first-order valence-electron chi connectivity index (χ1n) is 8.64. The first-order valence-corrected chi connectivity index (χ1v) is 9.46. The van der Waals surface area contributed by atoms with Crippen LogP contribution in [0.2, 0.25) is 0 Å². The van der Waals surface area contributed by atoms with Crippen LogP contribution in [0, 0.1) is 6.92 Å². The molecule has 0 fully saturated rings. The summed E-state index contributed by atoms with van der Waals surface area (Å²) in [5, 5.41) is 17.2. The average Bonchev–Trinajstić information content (AvgIpc) is 3.07. The predicted molar refractivity (Wildman–Crippen MR) is 95.7 cm³/mol. The predicted octanol–water partition coefficient (Wildman–Crippen LogP) is 0.943. The van der Waals surface area contributed by atoms with E-state index in [1.807, 2.05) is 16.8 Å². The van der Waals surface area contributed by atoms with E-state index >= 15 is 0 Å². The fourth-order valence-electron chi connectivity index (χ4n) is 3.32. The Hall–Kier alpha value is -1.61. The summed E-state index contributed by atoms with van der Waals surface area (Å²) in [5.74, 6) is 1.61. The third-order valence-electron chi connectivity index (χ3n) is 4.55. The van der Waals surface area contributed by atoms with Crippen LogP contribution in [-0.2, 0) is 24.3 Å². The summed E-state index contributed by atoms with van der Waals surface area (Å²) in [6.07, 6.45) is 0.525. The van der Waals surface area contributed by atoms with E-state index in [-0.39, 0.29) is 11.7 Å². The highest BCUT2D eigenvalue weighted by Gasteiger charge is 2.31. The minimum absolute atomic E-state index is 0.170. The molecule has 0 bridgehead atoms. The molecule has 0 unspecified atom stereocenters. The molecule has 1 aliphatic rings. The quantitative estimate of drug-likeness (QED) is 0.721. The number of thiophene rings is 1. The molecule has 8 heteroatoms. The summed E-state index contributed by atoms with van der Waals surface area (Å²) in [7, 11) is 0. The number of quaternary nitrogens is 1. The van der Waals surface area contributed by atoms with Crippen LogP contribution in [0.5, 0.6) is 0 Å². The molecule has 0 saturated carbocycles. The van der Waals surface area contributed by atoms with E-state index in [1.165, 1.54) is 10.4 Å². The van der Waals surface area contributed by atoms with Gasteiger partial charge in [0.2, 0.25) is 5.82 Å². The van der Waals surface area contributed by atoms with Crippen LogP contribution in [0.25, 0.3) is 15.9 Å². The fourth-order valence-corrected chi connectivity index (χ4v) is 4.47. The van der Waals surface area contributed by atoms with E-state index in [0.717, 1.165) is 33.9 Å². The standard InChI is InChI=1S/C17H23N5O2S/c1-9(23)6-18-7-13-20-15-14-11-5-17(3,4)24-8-12(11)25-16(14)19-10(2)22(15)21-13/h9,18,23H,5-8H2,1-4H3/p+1/t9-/m0/s1. The molecule has 0 aliphatic carbocycles. The van der Waals surface area contributed by atoms with Gasteiger partial charge < -0.3 is 15.2 Å². The van der Waals surface area contributed by atoms with Gasteiger partial charge >= 0.3 is 0 Å². The highest BCUT2D eigenvalue weighted by Crippen LogP contribution is 2.39. The first kappa shape index (κ1) is 16.8. The maximum Gasteiger partial charge on any atom is 0.206 e. The molecule has 7 nitrogen and oxygen atoms in total. The van der Waals surface area contributed by atoms with Gasteiger partial charge in [-0.2, -0.15) is 4.52 Å². The summed E-state index contributed by atoms with van der Waals surface area (Å²) in [6.45, 7) is 9.92. The maximum atomic E-state index is 9.41. The van der Waals surface area contributed by atoms with Gasteiger partial charge in [-0.3, -0.25) is 0 Å². The Morgan fingerprint density at radius 1 is 1.40 bits per heavy atom. The molecule has 0 aromatic carbocycles. The van der Waals surface area contributed by atoms with Crippen molar-refractivity contribution in [2.24, 2.45) is 0 Å². The van der Waals surface area contributed by atoms with Gasteiger partial charge in [-0.1, -0.05) is 0 Å². The second-order valence-electron chi connectivity index (χ2n) is 7.41. The molecule has 0 spiro atoms. The number of aliphatic hydroxyl groups excluding tert-OH is 1. The molecular weight excluding hydrogens is 338 g/mol. The van der Waals surface area contributed by atoms with Crippen LogP contribution in [0.4, 0.5) is 0 Å². The smallest absolute Gasteiger partial charge is 0.206 e.